The number of anilines is 1. The van der Waals surface area contributed by atoms with Crippen molar-refractivity contribution in [2.24, 2.45) is 0 Å². The lowest BCUT2D eigenvalue weighted by Gasteiger charge is -2.07. The highest BCUT2D eigenvalue weighted by Crippen LogP contribution is 2.26. The summed E-state index contributed by atoms with van der Waals surface area (Å²) in [5.74, 6) is 1.18. The van der Waals surface area contributed by atoms with E-state index in [-0.39, 0.29) is 5.69 Å². The summed E-state index contributed by atoms with van der Waals surface area (Å²) in [6.07, 6.45) is 0. The predicted molar refractivity (Wildman–Crippen MR) is 73.1 cm³/mol. The fourth-order valence-electron chi connectivity index (χ4n) is 1.78. The third-order valence-corrected chi connectivity index (χ3v) is 2.78. The number of aryl methyl sites for hydroxylation is 2. The summed E-state index contributed by atoms with van der Waals surface area (Å²) in [4.78, 5) is 19.1. The summed E-state index contributed by atoms with van der Waals surface area (Å²) in [7, 11) is 1.77. The second-order valence-corrected chi connectivity index (χ2v) is 4.22. The molecule has 0 fully saturated rings. The molecule has 19 heavy (non-hydrogen) atoms. The van der Waals surface area contributed by atoms with Gasteiger partial charge in [-0.05, 0) is 19.4 Å². The molecular weight excluding hydrogens is 244 g/mol. The highest BCUT2D eigenvalue weighted by atomic mass is 16.6. The average molecular weight is 258 g/mol. The van der Waals surface area contributed by atoms with Crippen molar-refractivity contribution >= 4 is 11.5 Å². The van der Waals surface area contributed by atoms with Crippen LogP contribution in [0.5, 0.6) is 0 Å². The van der Waals surface area contributed by atoms with Crippen molar-refractivity contribution in [2.45, 2.75) is 13.8 Å². The van der Waals surface area contributed by atoms with Crippen LogP contribution < -0.4 is 5.32 Å². The van der Waals surface area contributed by atoms with E-state index in [4.69, 9.17) is 0 Å². The van der Waals surface area contributed by atoms with Gasteiger partial charge in [0, 0.05) is 36.5 Å². The number of nitro benzene ring substituents is 1. The monoisotopic (exact) mass is 258 g/mol. The zero-order valence-electron chi connectivity index (χ0n) is 11.0. The minimum atomic E-state index is -0.419. The zero-order valence-corrected chi connectivity index (χ0v) is 11.0. The minimum absolute atomic E-state index is 0.0386. The van der Waals surface area contributed by atoms with Gasteiger partial charge in [-0.2, -0.15) is 0 Å². The molecule has 0 spiro atoms. The van der Waals surface area contributed by atoms with Crippen molar-refractivity contribution in [3.05, 3.63) is 45.6 Å². The summed E-state index contributed by atoms with van der Waals surface area (Å²) >= 11 is 0. The molecule has 0 saturated carbocycles. The van der Waals surface area contributed by atoms with E-state index >= 15 is 0 Å². The summed E-state index contributed by atoms with van der Waals surface area (Å²) < 4.78 is 0. The van der Waals surface area contributed by atoms with Crippen LogP contribution >= 0.6 is 0 Å². The molecule has 6 heteroatoms. The smallest absolute Gasteiger partial charge is 0.270 e. The number of nitrogens with one attached hydrogen (secondary N) is 1. The van der Waals surface area contributed by atoms with Crippen LogP contribution in [0.2, 0.25) is 0 Å². The Morgan fingerprint density at radius 1 is 1.21 bits per heavy atom. The number of nitro groups is 1. The Morgan fingerprint density at radius 2 is 1.95 bits per heavy atom. The molecule has 0 radical (unpaired) electrons. The van der Waals surface area contributed by atoms with Crippen molar-refractivity contribution in [1.82, 2.24) is 9.97 Å². The van der Waals surface area contributed by atoms with Gasteiger partial charge in [0.05, 0.1) is 4.92 Å². The first-order chi connectivity index (χ1) is 9.01. The average Bonchev–Trinajstić information content (AvgIpc) is 2.38. The molecule has 1 aromatic heterocycles. The van der Waals surface area contributed by atoms with Gasteiger partial charge in [-0.3, -0.25) is 10.1 Å². The lowest BCUT2D eigenvalue weighted by molar-refractivity contribution is -0.384. The fourth-order valence-corrected chi connectivity index (χ4v) is 1.78. The molecule has 2 rings (SSSR count). The molecule has 1 aromatic carbocycles. The predicted octanol–water partition coefficient (Wildman–Crippen LogP) is 2.71. The van der Waals surface area contributed by atoms with E-state index in [0.29, 0.717) is 17.2 Å². The zero-order chi connectivity index (χ0) is 14.0. The van der Waals surface area contributed by atoms with Crippen LogP contribution in [0.4, 0.5) is 11.5 Å². The lowest BCUT2D eigenvalue weighted by atomic mass is 10.1. The highest BCUT2D eigenvalue weighted by Gasteiger charge is 2.13. The van der Waals surface area contributed by atoms with Crippen LogP contribution in [0.3, 0.4) is 0 Å². The topological polar surface area (TPSA) is 81.0 Å². The molecule has 1 heterocycles. The van der Waals surface area contributed by atoms with Gasteiger partial charge in [0.15, 0.2) is 5.82 Å². The van der Waals surface area contributed by atoms with Crippen molar-refractivity contribution in [1.29, 1.82) is 0 Å². The van der Waals surface area contributed by atoms with Gasteiger partial charge in [-0.1, -0.05) is 6.07 Å². The van der Waals surface area contributed by atoms with E-state index in [9.17, 15) is 10.1 Å². The van der Waals surface area contributed by atoms with Gasteiger partial charge in [-0.15, -0.1) is 0 Å². The molecule has 0 unspecified atom stereocenters. The van der Waals surface area contributed by atoms with Crippen LogP contribution in [0, 0.1) is 24.0 Å². The molecule has 0 aliphatic carbocycles. The first kappa shape index (κ1) is 12.9. The van der Waals surface area contributed by atoms with E-state index < -0.39 is 4.92 Å². The van der Waals surface area contributed by atoms with Crippen molar-refractivity contribution in [2.75, 3.05) is 12.4 Å². The maximum absolute atomic E-state index is 10.8. The molecule has 6 nitrogen and oxygen atoms in total. The van der Waals surface area contributed by atoms with E-state index in [1.54, 1.807) is 13.1 Å². The lowest BCUT2D eigenvalue weighted by Crippen LogP contribution is -2.00. The largest absolute Gasteiger partial charge is 0.373 e. The van der Waals surface area contributed by atoms with Crippen LogP contribution in [0.25, 0.3) is 11.4 Å². The quantitative estimate of drug-likeness (QED) is 0.676. The Morgan fingerprint density at radius 3 is 2.58 bits per heavy atom. The normalized spacial score (nSPS) is 10.3. The molecule has 0 aliphatic heterocycles. The standard InChI is InChI=1S/C13H14N4O2/c1-8-4-5-10(17(18)19)7-11(8)13-15-9(2)6-12(14-3)16-13/h4-7H,1-3H3,(H,14,15,16). The first-order valence-electron chi connectivity index (χ1n) is 5.80. The van der Waals surface area contributed by atoms with Crippen LogP contribution in [0.15, 0.2) is 24.3 Å². The van der Waals surface area contributed by atoms with Crippen LogP contribution in [-0.4, -0.2) is 21.9 Å². The summed E-state index contributed by atoms with van der Waals surface area (Å²) in [5.41, 5.74) is 2.42. The first-order valence-corrected chi connectivity index (χ1v) is 5.80. The second-order valence-electron chi connectivity index (χ2n) is 4.22. The van der Waals surface area contributed by atoms with Crippen molar-refractivity contribution in [3.8, 4) is 11.4 Å². The molecule has 0 aliphatic rings. The number of aromatic nitrogens is 2. The number of non-ortho nitro benzene ring substituents is 1. The maximum atomic E-state index is 10.8. The minimum Gasteiger partial charge on any atom is -0.373 e. The highest BCUT2D eigenvalue weighted by molar-refractivity contribution is 5.65. The number of hydrogen-bond donors (Lipinski definition) is 1. The third kappa shape index (κ3) is 2.67. The molecular formula is C13H14N4O2. The molecule has 0 atom stereocenters. The molecule has 0 saturated heterocycles. The maximum Gasteiger partial charge on any atom is 0.270 e. The molecule has 1 N–H and O–H groups in total. The second kappa shape index (κ2) is 5.01. The summed E-state index contributed by atoms with van der Waals surface area (Å²) in [5, 5.41) is 13.8. The van der Waals surface area contributed by atoms with Gasteiger partial charge < -0.3 is 5.32 Å². The Bertz CT molecular complexity index is 641. The van der Waals surface area contributed by atoms with Crippen molar-refractivity contribution in [3.63, 3.8) is 0 Å². The van der Waals surface area contributed by atoms with Gasteiger partial charge >= 0.3 is 0 Å². The number of nitrogens with zero attached hydrogens (tertiary/aromatic N) is 3. The van der Waals surface area contributed by atoms with Crippen LogP contribution in [-0.2, 0) is 0 Å². The molecule has 98 valence electrons. The summed E-state index contributed by atoms with van der Waals surface area (Å²) in [6, 6.07) is 6.51. The Kier molecular flexibility index (Phi) is 3.41. The number of hydrogen-bond acceptors (Lipinski definition) is 5. The molecule has 2 aromatic rings. The Labute approximate surface area is 110 Å². The Hall–Kier alpha value is -2.50. The SMILES string of the molecule is CNc1cc(C)nc(-c2cc([N+](=O)[O-])ccc2C)n1. The van der Waals surface area contributed by atoms with Gasteiger partial charge in [0.2, 0.25) is 0 Å². The number of rotatable bonds is 3. The number of benzene rings is 1. The third-order valence-electron chi connectivity index (χ3n) is 2.78. The Balaban J connectivity index is 2.60. The molecule has 0 amide bonds. The van der Waals surface area contributed by atoms with Gasteiger partial charge in [0.1, 0.15) is 5.82 Å². The van der Waals surface area contributed by atoms with E-state index in [1.165, 1.54) is 12.1 Å². The van der Waals surface area contributed by atoms with Crippen molar-refractivity contribution < 1.29 is 4.92 Å². The van der Waals surface area contributed by atoms with E-state index in [2.05, 4.69) is 15.3 Å². The van der Waals surface area contributed by atoms with Gasteiger partial charge in [0.25, 0.3) is 5.69 Å². The van der Waals surface area contributed by atoms with Gasteiger partial charge in [-0.25, -0.2) is 9.97 Å². The summed E-state index contributed by atoms with van der Waals surface area (Å²) in [6.45, 7) is 3.74. The fraction of sp³-hybridized carbons (Fsp3) is 0.231. The van der Waals surface area contributed by atoms with E-state index in [1.807, 2.05) is 19.9 Å². The molecule has 0 bridgehead atoms. The van der Waals surface area contributed by atoms with E-state index in [0.717, 1.165) is 11.3 Å². The van der Waals surface area contributed by atoms with Crippen LogP contribution in [0.1, 0.15) is 11.3 Å².